The molecular formula is C8H10O2. The van der Waals surface area contributed by atoms with Crippen molar-refractivity contribution >= 4 is 0 Å². The highest BCUT2D eigenvalue weighted by Gasteiger charge is 2.23. The third kappa shape index (κ3) is 1.00. The summed E-state index contributed by atoms with van der Waals surface area (Å²) in [6.45, 7) is 1.48. The van der Waals surface area contributed by atoms with Crippen LogP contribution in [0.15, 0.2) is 24.3 Å². The highest BCUT2D eigenvalue weighted by molar-refractivity contribution is 5.18. The van der Waals surface area contributed by atoms with Crippen LogP contribution in [0, 0.1) is 5.92 Å². The molecule has 0 N–H and O–H groups in total. The second-order valence-electron chi connectivity index (χ2n) is 2.46. The van der Waals surface area contributed by atoms with E-state index in [2.05, 4.69) is 12.2 Å². The summed E-state index contributed by atoms with van der Waals surface area (Å²) < 4.78 is 10.6. The fraction of sp³-hybridized carbons (Fsp3) is 0.500. The molecule has 0 radical (unpaired) electrons. The molecule has 1 saturated heterocycles. The summed E-state index contributed by atoms with van der Waals surface area (Å²) in [5.41, 5.74) is 0. The quantitative estimate of drug-likeness (QED) is 0.540. The van der Waals surface area contributed by atoms with Gasteiger partial charge < -0.3 is 9.47 Å². The van der Waals surface area contributed by atoms with E-state index in [0.717, 1.165) is 13.2 Å². The van der Waals surface area contributed by atoms with Crippen molar-refractivity contribution in [1.29, 1.82) is 0 Å². The Morgan fingerprint density at radius 1 is 1.00 bits per heavy atom. The number of hydrogen-bond donors (Lipinski definition) is 0. The average Bonchev–Trinajstić information content (AvgIpc) is 2.59. The topological polar surface area (TPSA) is 18.5 Å². The first kappa shape index (κ1) is 6.13. The SMILES string of the molecule is C1=CC(C2OCCO2)C=C1. The van der Waals surface area contributed by atoms with Crippen LogP contribution in [0.5, 0.6) is 0 Å². The average molecular weight is 138 g/mol. The van der Waals surface area contributed by atoms with Gasteiger partial charge in [-0.1, -0.05) is 24.3 Å². The van der Waals surface area contributed by atoms with Gasteiger partial charge in [0, 0.05) is 5.92 Å². The molecule has 1 aliphatic carbocycles. The lowest BCUT2D eigenvalue weighted by Crippen LogP contribution is -2.16. The van der Waals surface area contributed by atoms with Gasteiger partial charge in [0.2, 0.25) is 0 Å². The monoisotopic (exact) mass is 138 g/mol. The predicted octanol–water partition coefficient (Wildman–Crippen LogP) is 1.10. The Morgan fingerprint density at radius 2 is 1.60 bits per heavy atom. The van der Waals surface area contributed by atoms with Gasteiger partial charge in [0.05, 0.1) is 13.2 Å². The Morgan fingerprint density at radius 3 is 2.20 bits per heavy atom. The van der Waals surface area contributed by atoms with E-state index in [9.17, 15) is 0 Å². The van der Waals surface area contributed by atoms with Gasteiger partial charge in [-0.2, -0.15) is 0 Å². The Hall–Kier alpha value is -0.600. The second kappa shape index (κ2) is 2.56. The maximum absolute atomic E-state index is 5.31. The summed E-state index contributed by atoms with van der Waals surface area (Å²) in [5, 5.41) is 0. The number of allylic oxidation sites excluding steroid dienone is 2. The zero-order chi connectivity index (χ0) is 6.81. The largest absolute Gasteiger partial charge is 0.349 e. The van der Waals surface area contributed by atoms with Crippen molar-refractivity contribution in [2.45, 2.75) is 6.29 Å². The smallest absolute Gasteiger partial charge is 0.167 e. The fourth-order valence-corrected chi connectivity index (χ4v) is 1.23. The molecule has 0 aromatic rings. The molecule has 1 fully saturated rings. The highest BCUT2D eigenvalue weighted by Crippen LogP contribution is 2.20. The molecule has 2 aliphatic rings. The standard InChI is InChI=1S/C8H10O2/c1-2-4-7(3-1)8-9-5-6-10-8/h1-4,7-8H,5-6H2. The van der Waals surface area contributed by atoms with Crippen LogP contribution in [0.3, 0.4) is 0 Å². The number of rotatable bonds is 1. The van der Waals surface area contributed by atoms with E-state index in [4.69, 9.17) is 9.47 Å². The van der Waals surface area contributed by atoms with Gasteiger partial charge in [-0.3, -0.25) is 0 Å². The van der Waals surface area contributed by atoms with Crippen LogP contribution in [0.25, 0.3) is 0 Å². The van der Waals surface area contributed by atoms with E-state index in [1.54, 1.807) is 0 Å². The van der Waals surface area contributed by atoms with Crippen LogP contribution in [-0.4, -0.2) is 19.5 Å². The van der Waals surface area contributed by atoms with Crippen molar-refractivity contribution in [2.24, 2.45) is 5.92 Å². The Balaban J connectivity index is 1.98. The van der Waals surface area contributed by atoms with E-state index in [1.165, 1.54) is 0 Å². The van der Waals surface area contributed by atoms with Gasteiger partial charge in [-0.15, -0.1) is 0 Å². The molecule has 1 aliphatic heterocycles. The minimum absolute atomic E-state index is 0.0185. The van der Waals surface area contributed by atoms with Crippen molar-refractivity contribution in [3.8, 4) is 0 Å². The first-order valence-corrected chi connectivity index (χ1v) is 3.55. The summed E-state index contributed by atoms with van der Waals surface area (Å²) in [6, 6.07) is 0. The number of ether oxygens (including phenoxy) is 2. The molecule has 0 saturated carbocycles. The Labute approximate surface area is 60.1 Å². The molecule has 10 heavy (non-hydrogen) atoms. The maximum Gasteiger partial charge on any atom is 0.167 e. The van der Waals surface area contributed by atoms with E-state index in [1.807, 2.05) is 12.2 Å². The van der Waals surface area contributed by atoms with Crippen molar-refractivity contribution in [3.05, 3.63) is 24.3 Å². The minimum Gasteiger partial charge on any atom is -0.349 e. The molecule has 2 heteroatoms. The van der Waals surface area contributed by atoms with Crippen molar-refractivity contribution in [1.82, 2.24) is 0 Å². The first-order chi connectivity index (χ1) is 4.97. The van der Waals surface area contributed by atoms with Crippen LogP contribution < -0.4 is 0 Å². The second-order valence-corrected chi connectivity index (χ2v) is 2.46. The van der Waals surface area contributed by atoms with Crippen LogP contribution in [0.1, 0.15) is 0 Å². The molecular weight excluding hydrogens is 128 g/mol. The van der Waals surface area contributed by atoms with Gasteiger partial charge in [0.15, 0.2) is 6.29 Å². The molecule has 0 aromatic carbocycles. The van der Waals surface area contributed by atoms with Crippen LogP contribution in [0.2, 0.25) is 0 Å². The fourth-order valence-electron chi connectivity index (χ4n) is 1.23. The molecule has 2 rings (SSSR count). The zero-order valence-electron chi connectivity index (χ0n) is 5.69. The summed E-state index contributed by atoms with van der Waals surface area (Å²) in [4.78, 5) is 0. The summed E-state index contributed by atoms with van der Waals surface area (Å²) >= 11 is 0. The maximum atomic E-state index is 5.31. The Kier molecular flexibility index (Phi) is 1.57. The molecule has 0 atom stereocenters. The van der Waals surface area contributed by atoms with Gasteiger partial charge >= 0.3 is 0 Å². The molecule has 0 amide bonds. The Bertz CT molecular complexity index is 154. The molecule has 54 valence electrons. The normalized spacial score (nSPS) is 26.8. The van der Waals surface area contributed by atoms with E-state index in [-0.39, 0.29) is 6.29 Å². The van der Waals surface area contributed by atoms with Gasteiger partial charge in [0.25, 0.3) is 0 Å². The highest BCUT2D eigenvalue weighted by atomic mass is 16.7. The van der Waals surface area contributed by atoms with E-state index in [0.29, 0.717) is 5.92 Å². The van der Waals surface area contributed by atoms with Crippen molar-refractivity contribution in [2.75, 3.05) is 13.2 Å². The van der Waals surface area contributed by atoms with Gasteiger partial charge in [0.1, 0.15) is 0 Å². The number of hydrogen-bond acceptors (Lipinski definition) is 2. The van der Waals surface area contributed by atoms with Crippen LogP contribution >= 0.6 is 0 Å². The van der Waals surface area contributed by atoms with E-state index < -0.39 is 0 Å². The minimum atomic E-state index is -0.0185. The van der Waals surface area contributed by atoms with Crippen LogP contribution in [0.4, 0.5) is 0 Å². The van der Waals surface area contributed by atoms with E-state index >= 15 is 0 Å². The molecule has 1 heterocycles. The predicted molar refractivity (Wildman–Crippen MR) is 37.5 cm³/mol. The molecule has 0 spiro atoms. The lowest BCUT2D eigenvalue weighted by molar-refractivity contribution is -0.0582. The lowest BCUT2D eigenvalue weighted by Gasteiger charge is -2.12. The summed E-state index contributed by atoms with van der Waals surface area (Å²) in [5.74, 6) is 0.350. The third-order valence-electron chi connectivity index (χ3n) is 1.74. The van der Waals surface area contributed by atoms with Gasteiger partial charge in [-0.25, -0.2) is 0 Å². The van der Waals surface area contributed by atoms with Crippen molar-refractivity contribution < 1.29 is 9.47 Å². The molecule has 2 nitrogen and oxygen atoms in total. The zero-order valence-corrected chi connectivity index (χ0v) is 5.69. The lowest BCUT2D eigenvalue weighted by atomic mass is 10.2. The molecule has 0 aromatic heterocycles. The first-order valence-electron chi connectivity index (χ1n) is 3.55. The van der Waals surface area contributed by atoms with Crippen LogP contribution in [-0.2, 0) is 9.47 Å². The van der Waals surface area contributed by atoms with Crippen molar-refractivity contribution in [3.63, 3.8) is 0 Å². The molecule has 0 unspecified atom stereocenters. The summed E-state index contributed by atoms with van der Waals surface area (Å²) in [6.07, 6.45) is 8.22. The summed E-state index contributed by atoms with van der Waals surface area (Å²) in [7, 11) is 0. The molecule has 0 bridgehead atoms. The third-order valence-corrected chi connectivity index (χ3v) is 1.74. The van der Waals surface area contributed by atoms with Gasteiger partial charge in [-0.05, 0) is 0 Å².